The predicted molar refractivity (Wildman–Crippen MR) is 109 cm³/mol. The maximum atomic E-state index is 13.5. The lowest BCUT2D eigenvalue weighted by atomic mass is 10.1. The molecule has 2 heterocycles. The van der Waals surface area contributed by atoms with Crippen LogP contribution in [-0.2, 0) is 20.7 Å². The number of hydrogen-bond acceptors (Lipinski definition) is 6. The first-order valence-electron chi connectivity index (χ1n) is 9.64. The van der Waals surface area contributed by atoms with Crippen molar-refractivity contribution in [2.45, 2.75) is 25.3 Å². The minimum atomic E-state index is -0.484. The molecule has 1 N–H and O–H groups in total. The maximum Gasteiger partial charge on any atom is 0.306 e. The van der Waals surface area contributed by atoms with Gasteiger partial charge in [0, 0.05) is 24.7 Å². The van der Waals surface area contributed by atoms with E-state index < -0.39 is 5.97 Å². The van der Waals surface area contributed by atoms with Crippen molar-refractivity contribution in [3.8, 4) is 11.5 Å². The zero-order chi connectivity index (χ0) is 21.4. The number of carbonyl (C=O) groups excluding carboxylic acids is 3. The van der Waals surface area contributed by atoms with Crippen molar-refractivity contribution in [2.24, 2.45) is 0 Å². The summed E-state index contributed by atoms with van der Waals surface area (Å²) >= 11 is 0. The standard InChI is InChI=1S/C22H22N2O6/c1-29-19-10-15-17(11-18(19)25)23(20(26)7-8-21(27)30-2)12-14-9-13-5-3-4-6-16(13)24(14)22(15)28/h3-6,10-11,14,25H,7-9,12H2,1-2H3/t14-/m0/s1. The van der Waals surface area contributed by atoms with Crippen LogP contribution in [0.5, 0.6) is 11.5 Å². The van der Waals surface area contributed by atoms with Gasteiger partial charge in [-0.1, -0.05) is 18.2 Å². The van der Waals surface area contributed by atoms with E-state index in [1.54, 1.807) is 4.90 Å². The Morgan fingerprint density at radius 3 is 2.63 bits per heavy atom. The van der Waals surface area contributed by atoms with Crippen LogP contribution in [0, 0.1) is 0 Å². The van der Waals surface area contributed by atoms with Gasteiger partial charge in [0.2, 0.25) is 5.91 Å². The number of ether oxygens (including phenoxy) is 2. The largest absolute Gasteiger partial charge is 0.504 e. The molecule has 2 aliphatic heterocycles. The summed E-state index contributed by atoms with van der Waals surface area (Å²) in [6, 6.07) is 10.2. The van der Waals surface area contributed by atoms with Crippen molar-refractivity contribution in [1.82, 2.24) is 0 Å². The fourth-order valence-electron chi connectivity index (χ4n) is 4.12. The van der Waals surface area contributed by atoms with E-state index in [1.807, 2.05) is 24.3 Å². The summed E-state index contributed by atoms with van der Waals surface area (Å²) in [6.45, 7) is 0.249. The molecule has 2 amide bonds. The topological polar surface area (TPSA) is 96.4 Å². The van der Waals surface area contributed by atoms with Crippen LogP contribution in [0.1, 0.15) is 28.8 Å². The van der Waals surface area contributed by atoms with Crippen LogP contribution >= 0.6 is 0 Å². The van der Waals surface area contributed by atoms with Gasteiger partial charge in [-0.3, -0.25) is 14.4 Å². The summed E-state index contributed by atoms with van der Waals surface area (Å²) in [5.41, 5.74) is 2.41. The van der Waals surface area contributed by atoms with Gasteiger partial charge in [0.15, 0.2) is 11.5 Å². The summed E-state index contributed by atoms with van der Waals surface area (Å²) < 4.78 is 9.82. The molecule has 4 rings (SSSR count). The van der Waals surface area contributed by atoms with Crippen LogP contribution in [0.2, 0.25) is 0 Å². The van der Waals surface area contributed by atoms with Gasteiger partial charge in [0.1, 0.15) is 0 Å². The number of esters is 1. The van der Waals surface area contributed by atoms with E-state index in [4.69, 9.17) is 4.74 Å². The molecule has 156 valence electrons. The number of para-hydroxylation sites is 1. The van der Waals surface area contributed by atoms with Crippen LogP contribution in [-0.4, -0.2) is 49.7 Å². The molecule has 0 aliphatic carbocycles. The fraction of sp³-hybridized carbons (Fsp3) is 0.318. The number of anilines is 2. The number of phenolic OH excluding ortho intramolecular Hbond substituents is 1. The van der Waals surface area contributed by atoms with E-state index >= 15 is 0 Å². The number of carbonyl (C=O) groups is 3. The van der Waals surface area contributed by atoms with Gasteiger partial charge < -0.3 is 24.4 Å². The van der Waals surface area contributed by atoms with E-state index in [0.29, 0.717) is 12.1 Å². The van der Waals surface area contributed by atoms with E-state index in [0.717, 1.165) is 11.3 Å². The van der Waals surface area contributed by atoms with Crippen LogP contribution in [0.15, 0.2) is 36.4 Å². The molecule has 0 fully saturated rings. The average Bonchev–Trinajstić information content (AvgIpc) is 3.07. The van der Waals surface area contributed by atoms with Crippen LogP contribution in [0.4, 0.5) is 11.4 Å². The van der Waals surface area contributed by atoms with Crippen molar-refractivity contribution in [1.29, 1.82) is 0 Å². The molecule has 0 spiro atoms. The zero-order valence-electron chi connectivity index (χ0n) is 16.8. The third kappa shape index (κ3) is 3.24. The maximum absolute atomic E-state index is 13.5. The Morgan fingerprint density at radius 2 is 1.90 bits per heavy atom. The monoisotopic (exact) mass is 410 g/mol. The third-order valence-corrected chi connectivity index (χ3v) is 5.57. The summed E-state index contributed by atoms with van der Waals surface area (Å²) in [7, 11) is 2.67. The lowest BCUT2D eigenvalue weighted by molar-refractivity contribution is -0.141. The SMILES string of the molecule is COC(=O)CCC(=O)N1C[C@@H]2Cc3ccccc3N2C(=O)c2cc(OC)c(O)cc21. The Kier molecular flexibility index (Phi) is 5.07. The molecule has 2 aliphatic rings. The lowest BCUT2D eigenvalue weighted by Gasteiger charge is -2.26. The molecular formula is C22H22N2O6. The van der Waals surface area contributed by atoms with Crippen LogP contribution < -0.4 is 14.5 Å². The number of aromatic hydroxyl groups is 1. The summed E-state index contributed by atoms with van der Waals surface area (Å²) in [5.74, 6) is -1.09. The summed E-state index contributed by atoms with van der Waals surface area (Å²) in [5, 5.41) is 10.3. The highest BCUT2D eigenvalue weighted by Crippen LogP contribution is 2.42. The molecule has 0 bridgehead atoms. The molecule has 0 unspecified atom stereocenters. The number of benzene rings is 2. The molecule has 8 nitrogen and oxygen atoms in total. The average molecular weight is 410 g/mol. The Balaban J connectivity index is 1.79. The molecule has 0 radical (unpaired) electrons. The summed E-state index contributed by atoms with van der Waals surface area (Å²) in [4.78, 5) is 41.3. The highest BCUT2D eigenvalue weighted by atomic mass is 16.5. The molecular weight excluding hydrogens is 388 g/mol. The van der Waals surface area contributed by atoms with E-state index in [1.165, 1.54) is 31.3 Å². The Morgan fingerprint density at radius 1 is 1.13 bits per heavy atom. The van der Waals surface area contributed by atoms with Crippen molar-refractivity contribution in [2.75, 3.05) is 30.6 Å². The molecule has 2 aromatic rings. The number of methoxy groups -OCH3 is 2. The van der Waals surface area contributed by atoms with Crippen LogP contribution in [0.3, 0.4) is 0 Å². The van der Waals surface area contributed by atoms with Gasteiger partial charge in [-0.25, -0.2) is 0 Å². The lowest BCUT2D eigenvalue weighted by Crippen LogP contribution is -2.44. The van der Waals surface area contributed by atoms with Crippen LogP contribution in [0.25, 0.3) is 0 Å². The second-order valence-corrected chi connectivity index (χ2v) is 7.28. The first-order chi connectivity index (χ1) is 14.4. The Labute approximate surface area is 173 Å². The number of fused-ring (bicyclic) bond motifs is 4. The smallest absolute Gasteiger partial charge is 0.306 e. The highest BCUT2D eigenvalue weighted by molar-refractivity contribution is 6.15. The van der Waals surface area contributed by atoms with Gasteiger partial charge in [-0.15, -0.1) is 0 Å². The number of hydrogen-bond donors (Lipinski definition) is 1. The van der Waals surface area contributed by atoms with Gasteiger partial charge >= 0.3 is 5.97 Å². The highest BCUT2D eigenvalue weighted by Gasteiger charge is 2.41. The molecule has 0 aromatic heterocycles. The van der Waals surface area contributed by atoms with Crippen molar-refractivity contribution >= 4 is 29.2 Å². The Hall–Kier alpha value is -3.55. The van der Waals surface area contributed by atoms with Gasteiger partial charge in [0.05, 0.1) is 37.9 Å². The van der Waals surface area contributed by atoms with Crippen molar-refractivity contribution in [3.05, 3.63) is 47.5 Å². The fourth-order valence-corrected chi connectivity index (χ4v) is 4.12. The quantitative estimate of drug-likeness (QED) is 0.777. The first kappa shape index (κ1) is 19.8. The minimum Gasteiger partial charge on any atom is -0.504 e. The zero-order valence-corrected chi connectivity index (χ0v) is 16.8. The Bertz CT molecular complexity index is 1030. The second kappa shape index (κ2) is 7.70. The second-order valence-electron chi connectivity index (χ2n) is 7.28. The number of rotatable bonds is 4. The summed E-state index contributed by atoms with van der Waals surface area (Å²) in [6.07, 6.45) is 0.485. The van der Waals surface area contributed by atoms with Crippen molar-refractivity contribution < 1.29 is 29.0 Å². The molecule has 2 aromatic carbocycles. The molecule has 30 heavy (non-hydrogen) atoms. The first-order valence-corrected chi connectivity index (χ1v) is 9.64. The van der Waals surface area contributed by atoms with E-state index in [2.05, 4.69) is 4.74 Å². The number of phenols is 1. The number of amides is 2. The molecule has 1 atom stereocenters. The van der Waals surface area contributed by atoms with Gasteiger partial charge in [-0.05, 0) is 24.1 Å². The van der Waals surface area contributed by atoms with E-state index in [-0.39, 0.29) is 54.3 Å². The minimum absolute atomic E-state index is 0.0627. The molecule has 0 saturated heterocycles. The molecule has 0 saturated carbocycles. The van der Waals surface area contributed by atoms with E-state index in [9.17, 15) is 19.5 Å². The third-order valence-electron chi connectivity index (χ3n) is 5.57. The number of nitrogens with zero attached hydrogens (tertiary/aromatic N) is 2. The molecule has 8 heteroatoms. The predicted octanol–water partition coefficient (Wildman–Crippen LogP) is 2.27. The van der Waals surface area contributed by atoms with Gasteiger partial charge in [0.25, 0.3) is 5.91 Å². The van der Waals surface area contributed by atoms with Crippen molar-refractivity contribution in [3.63, 3.8) is 0 Å². The normalized spacial score (nSPS) is 17.0. The van der Waals surface area contributed by atoms with Gasteiger partial charge in [-0.2, -0.15) is 0 Å².